The van der Waals surface area contributed by atoms with E-state index in [-0.39, 0.29) is 11.8 Å². The highest BCUT2D eigenvalue weighted by atomic mass is 35.5. The van der Waals surface area contributed by atoms with Crippen molar-refractivity contribution >= 4 is 29.1 Å². The Morgan fingerprint density at radius 3 is 2.40 bits per heavy atom. The Bertz CT molecular complexity index is 502. The minimum absolute atomic E-state index is 0.0358. The van der Waals surface area contributed by atoms with Gasteiger partial charge in [-0.3, -0.25) is 4.79 Å². The summed E-state index contributed by atoms with van der Waals surface area (Å²) in [6.07, 6.45) is 4.56. The lowest BCUT2D eigenvalue weighted by atomic mass is 10.0. The number of benzene rings is 1. The van der Waals surface area contributed by atoms with Gasteiger partial charge < -0.3 is 10.4 Å². The van der Waals surface area contributed by atoms with Crippen LogP contribution in [0, 0.1) is 5.92 Å². The molecule has 0 aromatic heterocycles. The second-order valence-electron chi connectivity index (χ2n) is 5.02. The van der Waals surface area contributed by atoms with E-state index in [0.29, 0.717) is 15.6 Å². The maximum atomic E-state index is 12.0. The fourth-order valence-electron chi connectivity index (χ4n) is 2.30. The van der Waals surface area contributed by atoms with Gasteiger partial charge in [-0.2, -0.15) is 0 Å². The van der Waals surface area contributed by atoms with E-state index in [1.54, 1.807) is 25.1 Å². The molecule has 0 radical (unpaired) electrons. The summed E-state index contributed by atoms with van der Waals surface area (Å²) in [5.41, 5.74) is 0.452. The molecule has 108 valence electrons. The lowest BCUT2D eigenvalue weighted by molar-refractivity contribution is -0.126. The van der Waals surface area contributed by atoms with Crippen molar-refractivity contribution in [1.82, 2.24) is 5.32 Å². The quantitative estimate of drug-likeness (QED) is 0.836. The van der Waals surface area contributed by atoms with Crippen LogP contribution in [0.25, 0.3) is 0 Å². The summed E-state index contributed by atoms with van der Waals surface area (Å²) in [6.45, 7) is 1.74. The summed E-state index contributed by atoms with van der Waals surface area (Å²) in [6, 6.07) is 4.59. The number of nitrogens with one attached hydrogen (secondary N) is 1. The van der Waals surface area contributed by atoms with Gasteiger partial charge in [0.05, 0.1) is 6.04 Å². The van der Waals surface area contributed by atoms with Gasteiger partial charge in [0.25, 0.3) is 0 Å². The van der Waals surface area contributed by atoms with Gasteiger partial charge in [0, 0.05) is 21.5 Å². The molecule has 20 heavy (non-hydrogen) atoms. The zero-order valence-electron chi connectivity index (χ0n) is 11.1. The summed E-state index contributed by atoms with van der Waals surface area (Å²) < 4.78 is 0. The van der Waals surface area contributed by atoms with Gasteiger partial charge >= 0.3 is 0 Å². The molecule has 2 atom stereocenters. The van der Waals surface area contributed by atoms with E-state index in [0.717, 1.165) is 12.8 Å². The number of aliphatic hydroxyl groups excluding tert-OH is 1. The number of amides is 1. The summed E-state index contributed by atoms with van der Waals surface area (Å²) in [7, 11) is 0. The molecule has 0 heterocycles. The van der Waals surface area contributed by atoms with E-state index in [1.165, 1.54) is 0 Å². The van der Waals surface area contributed by atoms with Gasteiger partial charge in [-0.25, -0.2) is 0 Å². The van der Waals surface area contributed by atoms with Crippen LogP contribution in [-0.4, -0.2) is 17.1 Å². The van der Waals surface area contributed by atoms with Gasteiger partial charge in [0.15, 0.2) is 0 Å². The van der Waals surface area contributed by atoms with E-state index in [1.807, 2.05) is 12.2 Å². The number of carbonyl (C=O) groups is 1. The van der Waals surface area contributed by atoms with Crippen molar-refractivity contribution in [2.75, 3.05) is 0 Å². The molecule has 0 aliphatic heterocycles. The predicted molar refractivity (Wildman–Crippen MR) is 80.9 cm³/mol. The zero-order valence-corrected chi connectivity index (χ0v) is 12.7. The van der Waals surface area contributed by atoms with Gasteiger partial charge in [0.1, 0.15) is 6.10 Å². The van der Waals surface area contributed by atoms with Crippen molar-refractivity contribution in [3.63, 3.8) is 0 Å². The van der Waals surface area contributed by atoms with Crippen LogP contribution in [0.4, 0.5) is 0 Å². The monoisotopic (exact) mass is 313 g/mol. The van der Waals surface area contributed by atoms with Crippen LogP contribution in [-0.2, 0) is 4.79 Å². The highest BCUT2D eigenvalue weighted by molar-refractivity contribution is 6.36. The Hall–Kier alpha value is -1.03. The predicted octanol–water partition coefficient (Wildman–Crippen LogP) is 3.50. The number of hydrogen-bond donors (Lipinski definition) is 2. The first kappa shape index (κ1) is 15.4. The molecule has 2 rings (SSSR count). The number of halogens is 2. The molecule has 5 heteroatoms. The second-order valence-corrected chi connectivity index (χ2v) is 5.83. The second kappa shape index (κ2) is 6.61. The highest BCUT2D eigenvalue weighted by Crippen LogP contribution is 2.32. The largest absolute Gasteiger partial charge is 0.386 e. The SMILES string of the molecule is C[C@@H](NC(=O)C1CC=CC1)[C@H](O)c1c(Cl)cccc1Cl. The smallest absolute Gasteiger partial charge is 0.224 e. The lowest BCUT2D eigenvalue weighted by Gasteiger charge is -2.23. The summed E-state index contributed by atoms with van der Waals surface area (Å²) in [5, 5.41) is 14.0. The average Bonchev–Trinajstić information content (AvgIpc) is 2.92. The average molecular weight is 314 g/mol. The molecule has 0 spiro atoms. The third-order valence-electron chi connectivity index (χ3n) is 3.52. The highest BCUT2D eigenvalue weighted by Gasteiger charge is 2.26. The number of hydrogen-bond acceptors (Lipinski definition) is 2. The molecule has 0 bridgehead atoms. The molecule has 0 fully saturated rings. The first-order valence-corrected chi connectivity index (χ1v) is 7.33. The summed E-state index contributed by atoms with van der Waals surface area (Å²) in [4.78, 5) is 12.0. The zero-order chi connectivity index (χ0) is 14.7. The number of aliphatic hydroxyl groups is 1. The van der Waals surface area contributed by atoms with Gasteiger partial charge in [0.2, 0.25) is 5.91 Å². The molecule has 1 aromatic carbocycles. The summed E-state index contributed by atoms with van der Waals surface area (Å²) >= 11 is 12.1. The number of allylic oxidation sites excluding steroid dienone is 2. The molecule has 1 aliphatic carbocycles. The van der Waals surface area contributed by atoms with Gasteiger partial charge in [-0.1, -0.05) is 41.4 Å². The first-order valence-electron chi connectivity index (χ1n) is 6.58. The maximum Gasteiger partial charge on any atom is 0.224 e. The molecule has 1 aromatic rings. The molecule has 0 saturated carbocycles. The van der Waals surface area contributed by atoms with Crippen LogP contribution in [0.3, 0.4) is 0 Å². The fraction of sp³-hybridized carbons (Fsp3) is 0.400. The van der Waals surface area contributed by atoms with Crippen LogP contribution in [0.2, 0.25) is 10.0 Å². The van der Waals surface area contributed by atoms with Crippen molar-refractivity contribution in [2.45, 2.75) is 31.9 Å². The van der Waals surface area contributed by atoms with Gasteiger partial charge in [-0.05, 0) is 31.9 Å². The molecular weight excluding hydrogens is 297 g/mol. The van der Waals surface area contributed by atoms with E-state index >= 15 is 0 Å². The standard InChI is InChI=1S/C15H17Cl2NO2/c1-9(18-15(20)10-5-2-3-6-10)14(19)13-11(16)7-4-8-12(13)17/h2-4,7-10,14,19H,5-6H2,1H3,(H,18,20)/t9-,14+/m1/s1. The third kappa shape index (κ3) is 3.35. The van der Waals surface area contributed by atoms with Crippen molar-refractivity contribution in [3.8, 4) is 0 Å². The molecular formula is C15H17Cl2NO2. The van der Waals surface area contributed by atoms with Crippen LogP contribution in [0.5, 0.6) is 0 Å². The molecule has 1 aliphatic rings. The fourth-order valence-corrected chi connectivity index (χ4v) is 2.92. The molecule has 0 unspecified atom stereocenters. The Balaban J connectivity index is 2.05. The van der Waals surface area contributed by atoms with Crippen molar-refractivity contribution in [1.29, 1.82) is 0 Å². The number of rotatable bonds is 4. The molecule has 2 N–H and O–H groups in total. The normalized spacial score (nSPS) is 18.0. The van der Waals surface area contributed by atoms with Crippen molar-refractivity contribution < 1.29 is 9.90 Å². The van der Waals surface area contributed by atoms with Crippen molar-refractivity contribution in [2.24, 2.45) is 5.92 Å². The maximum absolute atomic E-state index is 12.0. The van der Waals surface area contributed by atoms with E-state index in [2.05, 4.69) is 5.32 Å². The van der Waals surface area contributed by atoms with Crippen LogP contribution < -0.4 is 5.32 Å². The van der Waals surface area contributed by atoms with Crippen LogP contribution in [0.1, 0.15) is 31.4 Å². The Kier molecular flexibility index (Phi) is 5.08. The van der Waals surface area contributed by atoms with E-state index < -0.39 is 12.1 Å². The Labute approximate surface area is 128 Å². The lowest BCUT2D eigenvalue weighted by Crippen LogP contribution is -2.40. The minimum atomic E-state index is -0.936. The topological polar surface area (TPSA) is 49.3 Å². The van der Waals surface area contributed by atoms with Crippen LogP contribution >= 0.6 is 23.2 Å². The number of carbonyl (C=O) groups excluding carboxylic acids is 1. The van der Waals surface area contributed by atoms with Crippen LogP contribution in [0.15, 0.2) is 30.4 Å². The van der Waals surface area contributed by atoms with Gasteiger partial charge in [-0.15, -0.1) is 0 Å². The Morgan fingerprint density at radius 2 is 1.85 bits per heavy atom. The summed E-state index contributed by atoms with van der Waals surface area (Å²) in [5.74, 6) is -0.0870. The van der Waals surface area contributed by atoms with Crippen molar-refractivity contribution in [3.05, 3.63) is 46.0 Å². The minimum Gasteiger partial charge on any atom is -0.386 e. The van der Waals surface area contributed by atoms with E-state index in [9.17, 15) is 9.90 Å². The third-order valence-corrected chi connectivity index (χ3v) is 4.18. The molecule has 3 nitrogen and oxygen atoms in total. The first-order chi connectivity index (χ1) is 9.50. The molecule has 1 amide bonds. The Morgan fingerprint density at radius 1 is 1.30 bits per heavy atom. The van der Waals surface area contributed by atoms with E-state index in [4.69, 9.17) is 23.2 Å². The molecule has 0 saturated heterocycles.